The van der Waals surface area contributed by atoms with Crippen molar-refractivity contribution in [3.05, 3.63) is 106 Å². The molecule has 9 nitrogen and oxygen atoms in total. The number of anilines is 2. The molecule has 0 spiro atoms. The fraction of sp³-hybridized carbons (Fsp3) is 0.235. The van der Waals surface area contributed by atoms with Crippen molar-refractivity contribution in [3.8, 4) is 28.3 Å². The Labute approximate surface area is 278 Å². The molecule has 1 aliphatic rings. The second kappa shape index (κ2) is 14.9. The van der Waals surface area contributed by atoms with Crippen molar-refractivity contribution in [2.45, 2.75) is 26.4 Å². The number of aliphatic hydroxyl groups excluding tert-OH is 1. The van der Waals surface area contributed by atoms with Crippen molar-refractivity contribution < 1.29 is 31.6 Å². The van der Waals surface area contributed by atoms with E-state index in [1.165, 1.54) is 4.68 Å². The third-order valence-electron chi connectivity index (χ3n) is 7.33. The summed E-state index contributed by atoms with van der Waals surface area (Å²) in [4.78, 5) is 22.1. The molecule has 0 unspecified atom stereocenters. The van der Waals surface area contributed by atoms with Gasteiger partial charge >= 0.3 is 17.1 Å². The standard InChI is InChI=1S/C29H25ClN5O2.C5H9O2.Mn/c1-16-12-13-24(34-28(16)37-5)22-10-6-9-21(26(22)30)20-8-7-11-23(18(20)3)33-27-25-19(14-17(2)32-27)15-31-35(4)29(25)36;6-5-2-1-3-7-4-5;/h6-15H,1H2,2-5H3,(H,32,33);2,5-6H,1,3-4H2;/q2*-1;+2/t;5-;/m.0./s1. The van der Waals surface area contributed by atoms with Crippen LogP contribution >= 0.6 is 11.6 Å². The molecule has 6 rings (SSSR count). The van der Waals surface area contributed by atoms with Gasteiger partial charge in [0.15, 0.2) is 0 Å². The van der Waals surface area contributed by atoms with Crippen LogP contribution in [0.3, 0.4) is 0 Å². The first-order valence-corrected chi connectivity index (χ1v) is 14.5. The maximum atomic E-state index is 12.9. The average Bonchev–Trinajstić information content (AvgIpc) is 3.01. The van der Waals surface area contributed by atoms with Crippen molar-refractivity contribution in [2.24, 2.45) is 7.05 Å². The molecule has 2 N–H and O–H groups in total. The summed E-state index contributed by atoms with van der Waals surface area (Å²) < 4.78 is 11.6. The number of aromatic nitrogens is 4. The molecule has 1 saturated heterocycles. The van der Waals surface area contributed by atoms with Gasteiger partial charge in [0.1, 0.15) is 11.7 Å². The van der Waals surface area contributed by atoms with Gasteiger partial charge in [0, 0.05) is 53.8 Å². The minimum Gasteiger partial charge on any atom is -0.537 e. The third kappa shape index (κ3) is 7.49. The molecule has 1 aliphatic heterocycles. The van der Waals surface area contributed by atoms with E-state index < -0.39 is 0 Å². The number of ether oxygens (including phenoxy) is 2. The number of methoxy groups -OCH3 is 1. The van der Waals surface area contributed by atoms with Gasteiger partial charge in [-0.25, -0.2) is 9.67 Å². The SMILES string of the molecule is O[C@H]1[CH-]CCOC1.[CH2-]c1ccc(-c2cccc(-c3cccc(Nc4nc(C)cc5cnn(C)c(=O)c45)c3C)c2Cl)nc1OC.[Mn+2]. The van der Waals surface area contributed by atoms with Crippen LogP contribution in [0.15, 0.2) is 65.6 Å². The van der Waals surface area contributed by atoms with Gasteiger partial charge in [-0.3, -0.25) is 16.2 Å². The first kappa shape index (κ1) is 34.0. The molecule has 5 aromatic rings. The Morgan fingerprint density at radius 3 is 2.53 bits per heavy atom. The molecule has 3 aromatic heterocycles. The van der Waals surface area contributed by atoms with Crippen molar-refractivity contribution in [1.82, 2.24) is 19.7 Å². The Bertz CT molecular complexity index is 1870. The van der Waals surface area contributed by atoms with Crippen LogP contribution in [0.2, 0.25) is 5.02 Å². The van der Waals surface area contributed by atoms with Crippen LogP contribution in [0, 0.1) is 27.2 Å². The van der Waals surface area contributed by atoms with Gasteiger partial charge in [0.2, 0.25) is 0 Å². The first-order chi connectivity index (χ1) is 21.2. The van der Waals surface area contributed by atoms with Crippen molar-refractivity contribution >= 4 is 33.9 Å². The van der Waals surface area contributed by atoms with Gasteiger partial charge in [0.25, 0.3) is 5.56 Å². The van der Waals surface area contributed by atoms with Gasteiger partial charge in [0.05, 0.1) is 23.7 Å². The topological polar surface area (TPSA) is 111 Å². The molecule has 1 radical (unpaired) electrons. The van der Waals surface area contributed by atoms with Crippen LogP contribution in [-0.4, -0.2) is 51.3 Å². The van der Waals surface area contributed by atoms with E-state index in [4.69, 9.17) is 26.2 Å². The Kier molecular flexibility index (Phi) is 11.3. The largest absolute Gasteiger partial charge is 2.00 e. The minimum absolute atomic E-state index is 0. The fourth-order valence-corrected chi connectivity index (χ4v) is 5.34. The third-order valence-corrected chi connectivity index (χ3v) is 7.74. The molecule has 0 amide bonds. The molecule has 0 bridgehead atoms. The van der Waals surface area contributed by atoms with Gasteiger partial charge in [-0.2, -0.15) is 24.5 Å². The Morgan fingerprint density at radius 2 is 1.84 bits per heavy atom. The van der Waals surface area contributed by atoms with E-state index in [-0.39, 0.29) is 28.7 Å². The molecule has 0 saturated carbocycles. The van der Waals surface area contributed by atoms with Gasteiger partial charge < -0.3 is 19.9 Å². The summed E-state index contributed by atoms with van der Waals surface area (Å²) in [5.41, 5.74) is 6.35. The summed E-state index contributed by atoms with van der Waals surface area (Å²) in [7, 11) is 3.20. The zero-order valence-electron chi connectivity index (χ0n) is 25.5. The summed E-state index contributed by atoms with van der Waals surface area (Å²) in [5.74, 6) is 0.947. The smallest absolute Gasteiger partial charge is 0.537 e. The van der Waals surface area contributed by atoms with Crippen LogP contribution in [0.25, 0.3) is 33.2 Å². The van der Waals surface area contributed by atoms with Crippen LogP contribution in [0.5, 0.6) is 5.88 Å². The van der Waals surface area contributed by atoms with Gasteiger partial charge in [-0.1, -0.05) is 48.0 Å². The number of nitrogens with one attached hydrogen (secondary N) is 1. The predicted molar refractivity (Wildman–Crippen MR) is 174 cm³/mol. The predicted octanol–water partition coefficient (Wildman–Crippen LogP) is 6.23. The summed E-state index contributed by atoms with van der Waals surface area (Å²) >= 11 is 6.95. The molecule has 2 aromatic carbocycles. The van der Waals surface area contributed by atoms with E-state index >= 15 is 0 Å². The average molecular weight is 667 g/mol. The number of rotatable bonds is 5. The number of benzene rings is 2. The summed E-state index contributed by atoms with van der Waals surface area (Å²) in [6.07, 6.45) is 4.12. The number of halogens is 1. The zero-order chi connectivity index (χ0) is 31.4. The number of hydrogen-bond donors (Lipinski definition) is 2. The van der Waals surface area contributed by atoms with Gasteiger partial charge in [-0.15, -0.1) is 5.56 Å². The second-order valence-corrected chi connectivity index (χ2v) is 10.8. The van der Waals surface area contributed by atoms with Crippen LogP contribution in [0.4, 0.5) is 11.5 Å². The number of fused-ring (bicyclic) bond motifs is 1. The van der Waals surface area contributed by atoms with Gasteiger partial charge in [-0.05, 0) is 43.2 Å². The molecule has 0 aliphatic carbocycles. The number of nitrogens with zero attached hydrogens (tertiary/aromatic N) is 4. The first-order valence-electron chi connectivity index (χ1n) is 14.1. The number of aliphatic hydroxyl groups is 1. The van der Waals surface area contributed by atoms with E-state index in [1.807, 2.05) is 74.9 Å². The molecular weight excluding hydrogens is 633 g/mol. The molecule has 1 fully saturated rings. The minimum atomic E-state index is -0.311. The number of hydrogen-bond acceptors (Lipinski definition) is 8. The van der Waals surface area contributed by atoms with Crippen molar-refractivity contribution in [2.75, 3.05) is 25.6 Å². The Hall–Kier alpha value is -3.92. The quantitative estimate of drug-likeness (QED) is 0.168. The van der Waals surface area contributed by atoms with Crippen molar-refractivity contribution in [3.63, 3.8) is 0 Å². The number of pyridine rings is 2. The normalized spacial score (nSPS) is 14.2. The zero-order valence-corrected chi connectivity index (χ0v) is 27.4. The molecule has 11 heteroatoms. The van der Waals surface area contributed by atoms with E-state index in [0.29, 0.717) is 40.0 Å². The van der Waals surface area contributed by atoms with Crippen LogP contribution in [0.1, 0.15) is 23.2 Å². The van der Waals surface area contributed by atoms with E-state index in [2.05, 4.69) is 27.3 Å². The van der Waals surface area contributed by atoms with E-state index in [0.717, 1.165) is 52.0 Å². The fourth-order valence-electron chi connectivity index (χ4n) is 5.02. The molecule has 233 valence electrons. The van der Waals surface area contributed by atoms with Crippen LogP contribution in [-0.2, 0) is 28.9 Å². The van der Waals surface area contributed by atoms with Crippen LogP contribution < -0.4 is 15.6 Å². The second-order valence-electron chi connectivity index (χ2n) is 10.5. The molecule has 1 atom stereocenters. The number of aryl methyl sites for hydroxylation is 2. The summed E-state index contributed by atoms with van der Waals surface area (Å²) in [6.45, 7) is 9.11. The Morgan fingerprint density at radius 1 is 1.11 bits per heavy atom. The maximum Gasteiger partial charge on any atom is 2.00 e. The molecule has 45 heavy (non-hydrogen) atoms. The molecule has 4 heterocycles. The van der Waals surface area contributed by atoms with E-state index in [1.54, 1.807) is 20.4 Å². The van der Waals surface area contributed by atoms with Crippen molar-refractivity contribution in [1.29, 1.82) is 0 Å². The van der Waals surface area contributed by atoms with E-state index in [9.17, 15) is 4.79 Å². The summed E-state index contributed by atoms with van der Waals surface area (Å²) in [6, 6.07) is 17.4. The Balaban J connectivity index is 0.000000510. The maximum absolute atomic E-state index is 12.9. The monoisotopic (exact) mass is 666 g/mol. The molecular formula is C34H34ClMnN5O4. The summed E-state index contributed by atoms with van der Waals surface area (Å²) in [5, 5.41) is 18.1.